The predicted molar refractivity (Wildman–Crippen MR) is 59.9 cm³/mol. The van der Waals surface area contributed by atoms with Crippen molar-refractivity contribution in [2.75, 3.05) is 23.9 Å². The Morgan fingerprint density at radius 3 is 2.87 bits per heavy atom. The van der Waals surface area contributed by atoms with Crippen LogP contribution in [0, 0.1) is 0 Å². The second-order valence-corrected chi connectivity index (χ2v) is 5.80. The third kappa shape index (κ3) is 4.94. The molecule has 0 fully saturated rings. The molecule has 0 radical (unpaired) electrons. The number of hydrogen-bond acceptors (Lipinski definition) is 5. The van der Waals surface area contributed by atoms with Crippen molar-refractivity contribution in [2.45, 2.75) is 6.42 Å². The summed E-state index contributed by atoms with van der Waals surface area (Å²) < 4.78 is 21.7. The average Bonchev–Trinajstić information content (AvgIpc) is 2.13. The zero-order valence-corrected chi connectivity index (χ0v) is 9.85. The van der Waals surface area contributed by atoms with Crippen molar-refractivity contribution in [3.63, 3.8) is 0 Å². The number of halogens is 1. The molecule has 1 aromatic heterocycles. The van der Waals surface area contributed by atoms with Crippen LogP contribution in [0.3, 0.4) is 0 Å². The molecule has 84 valence electrons. The van der Waals surface area contributed by atoms with Gasteiger partial charge in [0.25, 0.3) is 0 Å². The molecule has 1 N–H and O–H groups in total. The van der Waals surface area contributed by atoms with E-state index < -0.39 is 9.84 Å². The molecule has 5 nitrogen and oxygen atoms in total. The van der Waals surface area contributed by atoms with E-state index in [2.05, 4.69) is 15.3 Å². The Bertz CT molecular complexity index is 422. The van der Waals surface area contributed by atoms with Crippen LogP contribution in [0.4, 0.5) is 5.82 Å². The van der Waals surface area contributed by atoms with Gasteiger partial charge in [0.05, 0.1) is 11.9 Å². The molecule has 0 bridgehead atoms. The van der Waals surface area contributed by atoms with Gasteiger partial charge in [0, 0.05) is 12.8 Å². The zero-order chi connectivity index (χ0) is 11.3. The molecule has 0 aliphatic heterocycles. The number of aromatic nitrogens is 2. The van der Waals surface area contributed by atoms with Gasteiger partial charge in [-0.1, -0.05) is 11.6 Å². The van der Waals surface area contributed by atoms with Gasteiger partial charge in [0.1, 0.15) is 27.0 Å². The van der Waals surface area contributed by atoms with Gasteiger partial charge in [-0.2, -0.15) is 0 Å². The highest BCUT2D eigenvalue weighted by atomic mass is 35.5. The summed E-state index contributed by atoms with van der Waals surface area (Å²) in [7, 11) is -2.89. The standard InChI is InChI=1S/C8H12ClN3O2S/c1-15(13,14)4-2-3-11-8-7(9)5-10-6-12-8/h5-6H,2-4H2,1H3,(H,10,11,12). The van der Waals surface area contributed by atoms with Crippen LogP contribution in [-0.4, -0.2) is 36.9 Å². The molecule has 0 aliphatic rings. The van der Waals surface area contributed by atoms with Gasteiger partial charge >= 0.3 is 0 Å². The molecular weight excluding hydrogens is 238 g/mol. The SMILES string of the molecule is CS(=O)(=O)CCCNc1ncncc1Cl. The summed E-state index contributed by atoms with van der Waals surface area (Å²) in [4.78, 5) is 7.64. The maximum absolute atomic E-state index is 10.8. The van der Waals surface area contributed by atoms with E-state index in [0.29, 0.717) is 23.8 Å². The summed E-state index contributed by atoms with van der Waals surface area (Å²) in [5, 5.41) is 3.37. The largest absolute Gasteiger partial charge is 0.369 e. The first-order valence-electron chi connectivity index (χ1n) is 4.36. The summed E-state index contributed by atoms with van der Waals surface area (Å²) in [6.45, 7) is 0.518. The monoisotopic (exact) mass is 249 g/mol. The van der Waals surface area contributed by atoms with E-state index in [4.69, 9.17) is 11.6 Å². The second kappa shape index (κ2) is 5.27. The Morgan fingerprint density at radius 2 is 2.27 bits per heavy atom. The lowest BCUT2D eigenvalue weighted by Gasteiger charge is -2.05. The number of nitrogens with one attached hydrogen (secondary N) is 1. The predicted octanol–water partition coefficient (Wildman–Crippen LogP) is 0.977. The van der Waals surface area contributed by atoms with Crippen LogP contribution in [0.5, 0.6) is 0 Å². The highest BCUT2D eigenvalue weighted by Crippen LogP contribution is 2.15. The summed E-state index contributed by atoms with van der Waals surface area (Å²) in [5.74, 6) is 0.683. The van der Waals surface area contributed by atoms with Gasteiger partial charge < -0.3 is 5.32 Å². The lowest BCUT2D eigenvalue weighted by molar-refractivity contribution is 0.600. The highest BCUT2D eigenvalue weighted by molar-refractivity contribution is 7.90. The van der Waals surface area contributed by atoms with Crippen molar-refractivity contribution in [2.24, 2.45) is 0 Å². The van der Waals surface area contributed by atoms with Crippen LogP contribution in [0.15, 0.2) is 12.5 Å². The molecule has 1 heterocycles. The van der Waals surface area contributed by atoms with E-state index in [1.165, 1.54) is 18.8 Å². The smallest absolute Gasteiger partial charge is 0.148 e. The normalized spacial score (nSPS) is 11.3. The van der Waals surface area contributed by atoms with Crippen molar-refractivity contribution < 1.29 is 8.42 Å². The molecule has 0 aliphatic carbocycles. The van der Waals surface area contributed by atoms with Crippen LogP contribution >= 0.6 is 11.6 Å². The van der Waals surface area contributed by atoms with Gasteiger partial charge in [-0.05, 0) is 6.42 Å². The Hall–Kier alpha value is -0.880. The van der Waals surface area contributed by atoms with Crippen molar-refractivity contribution >= 4 is 27.3 Å². The Morgan fingerprint density at radius 1 is 1.53 bits per heavy atom. The minimum absolute atomic E-state index is 0.155. The minimum Gasteiger partial charge on any atom is -0.369 e. The molecule has 0 saturated carbocycles. The fraction of sp³-hybridized carbons (Fsp3) is 0.500. The van der Waals surface area contributed by atoms with Crippen LogP contribution in [0.2, 0.25) is 5.02 Å². The summed E-state index contributed by atoms with van der Waals surface area (Å²) in [5.41, 5.74) is 0. The number of hydrogen-bond donors (Lipinski definition) is 1. The summed E-state index contributed by atoms with van der Waals surface area (Å²) in [6, 6.07) is 0. The van der Waals surface area contributed by atoms with Gasteiger partial charge in [-0.25, -0.2) is 18.4 Å². The van der Waals surface area contributed by atoms with Crippen LogP contribution in [0.25, 0.3) is 0 Å². The highest BCUT2D eigenvalue weighted by Gasteiger charge is 2.03. The van der Waals surface area contributed by atoms with E-state index in [0.717, 1.165) is 0 Å². The Balaban J connectivity index is 2.36. The number of anilines is 1. The van der Waals surface area contributed by atoms with Crippen molar-refractivity contribution in [1.82, 2.24) is 9.97 Å². The number of rotatable bonds is 5. The third-order valence-corrected chi connectivity index (χ3v) is 2.96. The maximum atomic E-state index is 10.8. The van der Waals surface area contributed by atoms with Crippen molar-refractivity contribution in [1.29, 1.82) is 0 Å². The minimum atomic E-state index is -2.89. The van der Waals surface area contributed by atoms with Gasteiger partial charge in [-0.15, -0.1) is 0 Å². The molecule has 1 aromatic rings. The van der Waals surface area contributed by atoms with E-state index >= 15 is 0 Å². The van der Waals surface area contributed by atoms with Crippen molar-refractivity contribution in [3.05, 3.63) is 17.5 Å². The molecule has 0 amide bonds. The molecule has 0 atom stereocenters. The molecule has 0 aromatic carbocycles. The second-order valence-electron chi connectivity index (χ2n) is 3.13. The first-order valence-corrected chi connectivity index (χ1v) is 6.80. The first-order chi connectivity index (χ1) is 6.99. The lowest BCUT2D eigenvalue weighted by atomic mass is 10.4. The summed E-state index contributed by atoms with van der Waals surface area (Å²) >= 11 is 5.79. The third-order valence-electron chi connectivity index (χ3n) is 1.65. The van der Waals surface area contributed by atoms with Crippen LogP contribution in [0.1, 0.15) is 6.42 Å². The molecule has 0 spiro atoms. The van der Waals surface area contributed by atoms with Gasteiger partial charge in [0.15, 0.2) is 0 Å². The number of sulfone groups is 1. The quantitative estimate of drug-likeness (QED) is 0.788. The zero-order valence-electron chi connectivity index (χ0n) is 8.27. The van der Waals surface area contributed by atoms with E-state index in [1.54, 1.807) is 0 Å². The lowest BCUT2D eigenvalue weighted by Crippen LogP contribution is -2.10. The molecule has 15 heavy (non-hydrogen) atoms. The van der Waals surface area contributed by atoms with E-state index in [-0.39, 0.29) is 5.75 Å². The van der Waals surface area contributed by atoms with E-state index in [9.17, 15) is 8.42 Å². The fourth-order valence-electron chi connectivity index (χ4n) is 0.984. The molecule has 0 unspecified atom stereocenters. The van der Waals surface area contributed by atoms with Crippen molar-refractivity contribution in [3.8, 4) is 0 Å². The van der Waals surface area contributed by atoms with Crippen LogP contribution < -0.4 is 5.32 Å². The molecule has 7 heteroatoms. The first kappa shape index (κ1) is 12.2. The fourth-order valence-corrected chi connectivity index (χ4v) is 1.82. The maximum Gasteiger partial charge on any atom is 0.148 e. The van der Waals surface area contributed by atoms with Gasteiger partial charge in [0.2, 0.25) is 0 Å². The molecular formula is C8H12ClN3O2S. The Labute approximate surface area is 93.8 Å². The topological polar surface area (TPSA) is 72.0 Å². The van der Waals surface area contributed by atoms with Crippen LogP contribution in [-0.2, 0) is 9.84 Å². The van der Waals surface area contributed by atoms with E-state index in [1.807, 2.05) is 0 Å². The molecule has 1 rings (SSSR count). The molecule has 0 saturated heterocycles. The Kier molecular flexibility index (Phi) is 4.28. The average molecular weight is 250 g/mol. The van der Waals surface area contributed by atoms with Gasteiger partial charge in [-0.3, -0.25) is 0 Å². The number of nitrogens with zero attached hydrogens (tertiary/aromatic N) is 2. The summed E-state index contributed by atoms with van der Waals surface area (Å²) in [6.07, 6.45) is 4.60.